The standard InChI is InChI=1S/C15H14ClF2N3O4S/c1-10(22)25-15(7-21-9-19-8-20-21,14(4-5-14)26(16,23)24)12-3-2-11(17)6-13(12)18/h2-3,6,8-9H,4-5,7H2,1H3/t15-/m1/s1. The lowest BCUT2D eigenvalue weighted by molar-refractivity contribution is -0.162. The van der Waals surface area contributed by atoms with E-state index < -0.39 is 37.0 Å². The molecule has 1 aliphatic rings. The fourth-order valence-electron chi connectivity index (χ4n) is 3.22. The SMILES string of the molecule is CC(=O)O[C@](Cn1cncn1)(c1ccc(F)cc1F)C1(S(=O)(=O)Cl)CC1. The van der Waals surface area contributed by atoms with Crippen LogP contribution < -0.4 is 0 Å². The number of carbonyl (C=O) groups is 1. The second-order valence-electron chi connectivity index (χ2n) is 6.07. The van der Waals surface area contributed by atoms with Crippen molar-refractivity contribution in [2.45, 2.75) is 36.7 Å². The number of carbonyl (C=O) groups excluding carboxylic acids is 1. The topological polar surface area (TPSA) is 91.2 Å². The van der Waals surface area contributed by atoms with Gasteiger partial charge in [-0.2, -0.15) is 5.10 Å². The molecule has 7 nitrogen and oxygen atoms in total. The molecule has 1 aromatic heterocycles. The van der Waals surface area contributed by atoms with Gasteiger partial charge in [0.25, 0.3) is 0 Å². The summed E-state index contributed by atoms with van der Waals surface area (Å²) >= 11 is 0. The van der Waals surface area contributed by atoms with E-state index in [0.717, 1.165) is 19.1 Å². The van der Waals surface area contributed by atoms with E-state index in [1.54, 1.807) is 0 Å². The van der Waals surface area contributed by atoms with E-state index in [1.807, 2.05) is 0 Å². The maximum Gasteiger partial charge on any atom is 0.303 e. The van der Waals surface area contributed by atoms with Crippen LogP contribution in [0.4, 0.5) is 8.78 Å². The minimum absolute atomic E-state index is 0.0393. The Balaban J connectivity index is 2.30. The Morgan fingerprint density at radius 3 is 2.58 bits per heavy atom. The predicted molar refractivity (Wildman–Crippen MR) is 86.6 cm³/mol. The molecule has 0 radical (unpaired) electrons. The van der Waals surface area contributed by atoms with Crippen LogP contribution in [0.5, 0.6) is 0 Å². The van der Waals surface area contributed by atoms with Crippen LogP contribution in [0.1, 0.15) is 25.3 Å². The number of aromatic nitrogens is 3. The molecule has 0 bridgehead atoms. The molecule has 0 spiro atoms. The summed E-state index contributed by atoms with van der Waals surface area (Å²) in [5, 5.41) is 3.88. The summed E-state index contributed by atoms with van der Waals surface area (Å²) in [7, 11) is 1.37. The highest BCUT2D eigenvalue weighted by atomic mass is 35.7. The first-order valence-electron chi connectivity index (χ1n) is 7.53. The van der Waals surface area contributed by atoms with E-state index in [2.05, 4.69) is 10.1 Å². The van der Waals surface area contributed by atoms with Gasteiger partial charge in [-0.3, -0.25) is 4.79 Å². The van der Waals surface area contributed by atoms with E-state index in [1.165, 1.54) is 17.3 Å². The van der Waals surface area contributed by atoms with Gasteiger partial charge in [-0.1, -0.05) is 0 Å². The Morgan fingerprint density at radius 2 is 2.12 bits per heavy atom. The quantitative estimate of drug-likeness (QED) is 0.540. The van der Waals surface area contributed by atoms with Gasteiger partial charge in [-0.05, 0) is 25.0 Å². The summed E-state index contributed by atoms with van der Waals surface area (Å²) < 4.78 is 57.6. The van der Waals surface area contributed by atoms with E-state index >= 15 is 0 Å². The number of hydrogen-bond acceptors (Lipinski definition) is 6. The van der Waals surface area contributed by atoms with E-state index in [-0.39, 0.29) is 24.9 Å². The Hall–Kier alpha value is -2.07. The van der Waals surface area contributed by atoms with Crippen molar-refractivity contribution in [2.75, 3.05) is 0 Å². The summed E-state index contributed by atoms with van der Waals surface area (Å²) in [4.78, 5) is 15.6. The highest BCUT2D eigenvalue weighted by Crippen LogP contribution is 2.60. The minimum Gasteiger partial charge on any atom is -0.450 e. The molecule has 0 amide bonds. The van der Waals surface area contributed by atoms with Crippen molar-refractivity contribution < 1.29 is 26.7 Å². The van der Waals surface area contributed by atoms with Gasteiger partial charge < -0.3 is 4.74 Å². The summed E-state index contributed by atoms with van der Waals surface area (Å²) in [6.07, 6.45) is 2.53. The third-order valence-corrected chi connectivity index (χ3v) is 7.00. The lowest BCUT2D eigenvalue weighted by atomic mass is 9.87. The minimum atomic E-state index is -4.30. The average Bonchev–Trinajstić information content (AvgIpc) is 3.20. The van der Waals surface area contributed by atoms with Crippen molar-refractivity contribution in [2.24, 2.45) is 0 Å². The molecule has 140 valence electrons. The number of benzene rings is 1. The van der Waals surface area contributed by atoms with Crippen LogP contribution in [0.25, 0.3) is 0 Å². The van der Waals surface area contributed by atoms with E-state index in [0.29, 0.717) is 6.07 Å². The molecule has 2 aromatic rings. The van der Waals surface area contributed by atoms with Gasteiger partial charge in [0.2, 0.25) is 9.05 Å². The summed E-state index contributed by atoms with van der Waals surface area (Å²) in [6.45, 7) is 0.704. The zero-order chi connectivity index (χ0) is 19.2. The fraction of sp³-hybridized carbons (Fsp3) is 0.400. The molecule has 26 heavy (non-hydrogen) atoms. The second-order valence-corrected chi connectivity index (χ2v) is 8.95. The predicted octanol–water partition coefficient (Wildman–Crippen LogP) is 2.12. The molecular weight excluding hydrogens is 392 g/mol. The van der Waals surface area contributed by atoms with Gasteiger partial charge in [0.15, 0.2) is 5.60 Å². The number of esters is 1. The fourth-order valence-corrected chi connectivity index (χ4v) is 5.25. The summed E-state index contributed by atoms with van der Waals surface area (Å²) in [5.41, 5.74) is -2.34. The zero-order valence-corrected chi connectivity index (χ0v) is 15.1. The largest absolute Gasteiger partial charge is 0.450 e. The normalized spacial score (nSPS) is 18.2. The molecule has 1 saturated carbocycles. The van der Waals surface area contributed by atoms with Crippen LogP contribution in [-0.2, 0) is 30.7 Å². The van der Waals surface area contributed by atoms with Crippen molar-refractivity contribution in [3.63, 3.8) is 0 Å². The van der Waals surface area contributed by atoms with Crippen LogP contribution in [0.3, 0.4) is 0 Å². The lowest BCUT2D eigenvalue weighted by Gasteiger charge is -2.39. The Morgan fingerprint density at radius 1 is 1.42 bits per heavy atom. The smallest absolute Gasteiger partial charge is 0.303 e. The van der Waals surface area contributed by atoms with Crippen LogP contribution >= 0.6 is 10.7 Å². The molecule has 0 saturated heterocycles. The number of ether oxygens (including phenoxy) is 1. The second kappa shape index (κ2) is 6.27. The molecule has 0 N–H and O–H groups in total. The number of halogens is 3. The maximum absolute atomic E-state index is 14.7. The van der Waals surface area contributed by atoms with Crippen molar-refractivity contribution >= 4 is 25.7 Å². The molecular formula is C15H14ClF2N3O4S. The Kier molecular flexibility index (Phi) is 4.51. The Bertz CT molecular complexity index is 948. The first-order chi connectivity index (χ1) is 12.1. The molecule has 11 heteroatoms. The summed E-state index contributed by atoms with van der Waals surface area (Å²) in [5.74, 6) is -2.76. The van der Waals surface area contributed by atoms with Gasteiger partial charge in [0, 0.05) is 29.2 Å². The van der Waals surface area contributed by atoms with Gasteiger partial charge >= 0.3 is 5.97 Å². The molecule has 1 heterocycles. The average molecular weight is 406 g/mol. The maximum atomic E-state index is 14.7. The van der Waals surface area contributed by atoms with E-state index in [9.17, 15) is 22.0 Å². The molecule has 1 fully saturated rings. The molecule has 3 rings (SSSR count). The first-order valence-corrected chi connectivity index (χ1v) is 9.84. The molecule has 1 atom stereocenters. The van der Waals surface area contributed by atoms with Crippen LogP contribution in [0.15, 0.2) is 30.9 Å². The van der Waals surface area contributed by atoms with Crippen molar-refractivity contribution in [3.05, 3.63) is 48.1 Å². The summed E-state index contributed by atoms with van der Waals surface area (Å²) in [6, 6.07) is 2.59. The highest BCUT2D eigenvalue weighted by Gasteiger charge is 2.71. The van der Waals surface area contributed by atoms with Gasteiger partial charge in [-0.25, -0.2) is 26.9 Å². The number of nitrogens with zero attached hydrogens (tertiary/aromatic N) is 3. The van der Waals surface area contributed by atoms with Crippen LogP contribution in [-0.4, -0.2) is 33.9 Å². The molecule has 1 aliphatic carbocycles. The van der Waals surface area contributed by atoms with Gasteiger partial charge in [-0.15, -0.1) is 0 Å². The van der Waals surface area contributed by atoms with E-state index in [4.69, 9.17) is 15.4 Å². The number of hydrogen-bond donors (Lipinski definition) is 0. The van der Waals surface area contributed by atoms with Gasteiger partial charge in [0.1, 0.15) is 29.0 Å². The third kappa shape index (κ3) is 2.96. The first kappa shape index (κ1) is 18.7. The van der Waals surface area contributed by atoms with Crippen molar-refractivity contribution in [3.8, 4) is 0 Å². The van der Waals surface area contributed by atoms with Crippen LogP contribution in [0, 0.1) is 11.6 Å². The van der Waals surface area contributed by atoms with Crippen molar-refractivity contribution in [1.82, 2.24) is 14.8 Å². The molecule has 1 aromatic carbocycles. The molecule has 0 unspecified atom stereocenters. The highest BCUT2D eigenvalue weighted by molar-refractivity contribution is 8.15. The Labute approximate surface area is 152 Å². The zero-order valence-electron chi connectivity index (χ0n) is 13.5. The monoisotopic (exact) mass is 405 g/mol. The molecule has 0 aliphatic heterocycles. The number of rotatable bonds is 6. The van der Waals surface area contributed by atoms with Crippen LogP contribution in [0.2, 0.25) is 0 Å². The van der Waals surface area contributed by atoms with Crippen molar-refractivity contribution in [1.29, 1.82) is 0 Å². The third-order valence-electron chi connectivity index (χ3n) is 4.44. The lowest BCUT2D eigenvalue weighted by Crippen LogP contribution is -2.52. The van der Waals surface area contributed by atoms with Gasteiger partial charge in [0.05, 0.1) is 6.54 Å².